The predicted molar refractivity (Wildman–Crippen MR) is 107 cm³/mol. The van der Waals surface area contributed by atoms with Crippen LogP contribution in [0.25, 0.3) is 11.1 Å². The standard InChI is InChI=1S/C21H26N6O/c1-2-27-12-9-19(26-27)21(28)23-13-15-3-5-17(6-4-15)20-18(14-24-25-20)16-7-10-22-11-8-16/h7-12,14-15,17H,2-6,13H2,1H3,(H,23,28)(H,24,25). The van der Waals surface area contributed by atoms with Crippen molar-refractivity contribution in [1.29, 1.82) is 0 Å². The molecule has 1 amide bonds. The third kappa shape index (κ3) is 3.98. The first-order chi connectivity index (χ1) is 13.7. The van der Waals surface area contributed by atoms with Crippen LogP contribution in [0.5, 0.6) is 0 Å². The highest BCUT2D eigenvalue weighted by molar-refractivity contribution is 5.92. The molecular formula is C21H26N6O. The van der Waals surface area contributed by atoms with E-state index >= 15 is 0 Å². The van der Waals surface area contributed by atoms with Gasteiger partial charge in [0, 0.05) is 48.9 Å². The number of hydrogen-bond acceptors (Lipinski definition) is 4. The highest BCUT2D eigenvalue weighted by Gasteiger charge is 2.26. The summed E-state index contributed by atoms with van der Waals surface area (Å²) in [5.41, 5.74) is 4.04. The molecule has 0 unspecified atom stereocenters. The number of aromatic nitrogens is 5. The summed E-state index contributed by atoms with van der Waals surface area (Å²) < 4.78 is 1.77. The van der Waals surface area contributed by atoms with Crippen LogP contribution in [0.2, 0.25) is 0 Å². The zero-order valence-electron chi connectivity index (χ0n) is 16.1. The van der Waals surface area contributed by atoms with Crippen LogP contribution in [0.3, 0.4) is 0 Å². The molecule has 28 heavy (non-hydrogen) atoms. The van der Waals surface area contributed by atoms with Crippen LogP contribution in [-0.2, 0) is 6.54 Å². The Kier molecular flexibility index (Phi) is 5.50. The molecule has 0 aliphatic heterocycles. The van der Waals surface area contributed by atoms with Gasteiger partial charge in [-0.1, -0.05) is 0 Å². The van der Waals surface area contributed by atoms with E-state index in [1.54, 1.807) is 10.7 Å². The van der Waals surface area contributed by atoms with Gasteiger partial charge >= 0.3 is 0 Å². The molecule has 2 N–H and O–H groups in total. The Labute approximate surface area is 164 Å². The summed E-state index contributed by atoms with van der Waals surface area (Å²) >= 11 is 0. The highest BCUT2D eigenvalue weighted by Crippen LogP contribution is 2.38. The van der Waals surface area contributed by atoms with Crippen LogP contribution >= 0.6 is 0 Å². The van der Waals surface area contributed by atoms with Crippen molar-refractivity contribution in [2.75, 3.05) is 6.54 Å². The lowest BCUT2D eigenvalue weighted by atomic mass is 9.79. The lowest BCUT2D eigenvalue weighted by Crippen LogP contribution is -2.31. The van der Waals surface area contributed by atoms with E-state index in [1.807, 2.05) is 43.8 Å². The summed E-state index contributed by atoms with van der Waals surface area (Å²) in [4.78, 5) is 16.4. The second-order valence-electron chi connectivity index (χ2n) is 7.42. The molecule has 1 fully saturated rings. The van der Waals surface area contributed by atoms with E-state index in [-0.39, 0.29) is 5.91 Å². The maximum atomic E-state index is 12.3. The molecule has 7 nitrogen and oxygen atoms in total. The monoisotopic (exact) mass is 378 g/mol. The number of nitrogens with zero attached hydrogens (tertiary/aromatic N) is 4. The number of amides is 1. The molecule has 3 heterocycles. The number of aryl methyl sites for hydroxylation is 1. The number of H-pyrrole nitrogens is 1. The van der Waals surface area contributed by atoms with Crippen molar-refractivity contribution >= 4 is 5.91 Å². The Hall–Kier alpha value is -2.96. The molecule has 1 aliphatic carbocycles. The summed E-state index contributed by atoms with van der Waals surface area (Å²) in [7, 11) is 0. The number of carbonyl (C=O) groups excluding carboxylic acids is 1. The van der Waals surface area contributed by atoms with Gasteiger partial charge in [0.05, 0.1) is 6.20 Å². The second kappa shape index (κ2) is 8.37. The van der Waals surface area contributed by atoms with E-state index in [4.69, 9.17) is 0 Å². The van der Waals surface area contributed by atoms with Gasteiger partial charge in [-0.25, -0.2) is 0 Å². The molecule has 0 bridgehead atoms. The number of rotatable bonds is 6. The highest BCUT2D eigenvalue weighted by atomic mass is 16.1. The molecule has 0 atom stereocenters. The predicted octanol–water partition coefficient (Wildman–Crippen LogP) is 3.39. The molecule has 0 spiro atoms. The van der Waals surface area contributed by atoms with E-state index < -0.39 is 0 Å². The van der Waals surface area contributed by atoms with Gasteiger partial charge < -0.3 is 5.32 Å². The van der Waals surface area contributed by atoms with Gasteiger partial charge in [-0.2, -0.15) is 10.2 Å². The normalized spacial score (nSPS) is 19.5. The summed E-state index contributed by atoms with van der Waals surface area (Å²) in [6, 6.07) is 5.82. The summed E-state index contributed by atoms with van der Waals surface area (Å²) in [5.74, 6) is 0.918. The number of hydrogen-bond donors (Lipinski definition) is 2. The molecule has 3 aromatic heterocycles. The quantitative estimate of drug-likeness (QED) is 0.688. The van der Waals surface area contributed by atoms with Crippen LogP contribution in [-0.4, -0.2) is 37.4 Å². The maximum absolute atomic E-state index is 12.3. The Morgan fingerprint density at radius 2 is 2.00 bits per heavy atom. The Balaban J connectivity index is 1.31. The molecule has 3 aromatic rings. The first-order valence-electron chi connectivity index (χ1n) is 10.00. The van der Waals surface area contributed by atoms with Gasteiger partial charge in [-0.05, 0) is 62.3 Å². The van der Waals surface area contributed by atoms with Crippen LogP contribution in [0.4, 0.5) is 0 Å². The van der Waals surface area contributed by atoms with Gasteiger partial charge in [0.1, 0.15) is 5.69 Å². The van der Waals surface area contributed by atoms with Crippen LogP contribution in [0, 0.1) is 5.92 Å². The largest absolute Gasteiger partial charge is 0.350 e. The first-order valence-corrected chi connectivity index (χ1v) is 10.00. The fourth-order valence-electron chi connectivity index (χ4n) is 4.01. The SMILES string of the molecule is CCn1ccc(C(=O)NCC2CCC(c3[nH]ncc3-c3ccncc3)CC2)n1. The summed E-state index contributed by atoms with van der Waals surface area (Å²) in [6.07, 6.45) is 11.8. The van der Waals surface area contributed by atoms with E-state index in [9.17, 15) is 4.79 Å². The van der Waals surface area contributed by atoms with E-state index in [0.29, 0.717) is 24.1 Å². The Bertz CT molecular complexity index is 908. The van der Waals surface area contributed by atoms with Gasteiger partial charge in [-0.15, -0.1) is 0 Å². The molecule has 4 rings (SSSR count). The van der Waals surface area contributed by atoms with Crippen LogP contribution < -0.4 is 5.32 Å². The van der Waals surface area contributed by atoms with E-state index in [2.05, 4.69) is 25.6 Å². The van der Waals surface area contributed by atoms with Crippen LogP contribution in [0.15, 0.2) is 43.0 Å². The number of carbonyl (C=O) groups is 1. The molecule has 0 aromatic carbocycles. The maximum Gasteiger partial charge on any atom is 0.271 e. The van der Waals surface area contributed by atoms with Gasteiger partial charge in [0.2, 0.25) is 0 Å². The summed E-state index contributed by atoms with van der Waals surface area (Å²) in [6.45, 7) is 3.49. The third-order valence-corrected chi connectivity index (χ3v) is 5.66. The van der Waals surface area contributed by atoms with Crippen molar-refractivity contribution in [3.8, 4) is 11.1 Å². The molecule has 1 saturated carbocycles. The molecule has 0 saturated heterocycles. The molecule has 0 radical (unpaired) electrons. The fourth-order valence-corrected chi connectivity index (χ4v) is 4.01. The average molecular weight is 378 g/mol. The van der Waals surface area contributed by atoms with Crippen molar-refractivity contribution < 1.29 is 4.79 Å². The van der Waals surface area contributed by atoms with Gasteiger partial charge in [0.25, 0.3) is 5.91 Å². The van der Waals surface area contributed by atoms with Crippen molar-refractivity contribution in [3.63, 3.8) is 0 Å². The average Bonchev–Trinajstić information content (AvgIpc) is 3.43. The van der Waals surface area contributed by atoms with Crippen molar-refractivity contribution in [1.82, 2.24) is 30.3 Å². The Morgan fingerprint density at radius 1 is 1.21 bits per heavy atom. The van der Waals surface area contributed by atoms with Crippen molar-refractivity contribution in [3.05, 3.63) is 54.4 Å². The van der Waals surface area contributed by atoms with Gasteiger partial charge in [0.15, 0.2) is 0 Å². The molecule has 146 valence electrons. The number of pyridine rings is 1. The second-order valence-corrected chi connectivity index (χ2v) is 7.42. The molecule has 1 aliphatic rings. The number of nitrogens with one attached hydrogen (secondary N) is 2. The topological polar surface area (TPSA) is 88.5 Å². The minimum Gasteiger partial charge on any atom is -0.350 e. The van der Waals surface area contributed by atoms with Crippen LogP contribution in [0.1, 0.15) is 54.7 Å². The van der Waals surface area contributed by atoms with Crippen molar-refractivity contribution in [2.24, 2.45) is 5.92 Å². The lowest BCUT2D eigenvalue weighted by Gasteiger charge is -2.28. The van der Waals surface area contributed by atoms with Crippen molar-refractivity contribution in [2.45, 2.75) is 45.1 Å². The zero-order chi connectivity index (χ0) is 19.3. The Morgan fingerprint density at radius 3 is 2.71 bits per heavy atom. The smallest absolute Gasteiger partial charge is 0.271 e. The first kappa shape index (κ1) is 18.4. The van der Waals surface area contributed by atoms with E-state index in [1.165, 1.54) is 11.3 Å². The van der Waals surface area contributed by atoms with E-state index in [0.717, 1.165) is 37.8 Å². The third-order valence-electron chi connectivity index (χ3n) is 5.66. The summed E-state index contributed by atoms with van der Waals surface area (Å²) in [5, 5.41) is 14.8. The van der Waals surface area contributed by atoms with Gasteiger partial charge in [-0.3, -0.25) is 19.6 Å². The minimum atomic E-state index is -0.0807. The lowest BCUT2D eigenvalue weighted by molar-refractivity contribution is 0.0937. The zero-order valence-corrected chi connectivity index (χ0v) is 16.1. The molecule has 7 heteroatoms. The minimum absolute atomic E-state index is 0.0807. The molecular weight excluding hydrogens is 352 g/mol. The fraction of sp³-hybridized carbons (Fsp3) is 0.429. The number of aromatic amines is 1.